The van der Waals surface area contributed by atoms with E-state index in [4.69, 9.17) is 4.42 Å². The third-order valence-electron chi connectivity index (χ3n) is 2.82. The number of benzene rings is 1. The van der Waals surface area contributed by atoms with E-state index in [0.29, 0.717) is 0 Å². The van der Waals surface area contributed by atoms with Gasteiger partial charge in [-0.2, -0.15) is 0 Å². The maximum atomic E-state index is 11.0. The Bertz CT molecular complexity index is 578. The van der Waals surface area contributed by atoms with Crippen molar-refractivity contribution in [2.24, 2.45) is 0 Å². The molecule has 0 bridgehead atoms. The minimum Gasteiger partial charge on any atom is -0.464 e. The molecule has 0 spiro atoms. The molecule has 1 amide bonds. The summed E-state index contributed by atoms with van der Waals surface area (Å²) in [5.74, 6) is 2.68. The lowest BCUT2D eigenvalue weighted by Gasteiger charge is -2.04. The minimum absolute atomic E-state index is 0.0563. The topological polar surface area (TPSA) is 54.3 Å². The first kappa shape index (κ1) is 15.7. The molecular formula is C16H20N2O2S. The smallest absolute Gasteiger partial charge is 0.221 e. The van der Waals surface area contributed by atoms with Crippen LogP contribution in [0.4, 0.5) is 5.69 Å². The van der Waals surface area contributed by atoms with Crippen LogP contribution in [0.2, 0.25) is 0 Å². The van der Waals surface area contributed by atoms with Gasteiger partial charge in [0, 0.05) is 17.5 Å². The first-order valence-corrected chi connectivity index (χ1v) is 7.94. The summed E-state index contributed by atoms with van der Waals surface area (Å²) in [6.07, 6.45) is 0. The van der Waals surface area contributed by atoms with Gasteiger partial charge in [0.25, 0.3) is 0 Å². The highest BCUT2D eigenvalue weighted by Crippen LogP contribution is 2.25. The summed E-state index contributed by atoms with van der Waals surface area (Å²) in [6, 6.07) is 11.8. The van der Waals surface area contributed by atoms with Crippen molar-refractivity contribution in [3.8, 4) is 0 Å². The van der Waals surface area contributed by atoms with E-state index >= 15 is 0 Å². The fraction of sp³-hybridized carbons (Fsp3) is 0.312. The van der Waals surface area contributed by atoms with Crippen LogP contribution < -0.4 is 10.6 Å². The fourth-order valence-electron chi connectivity index (χ4n) is 1.84. The van der Waals surface area contributed by atoms with Crippen LogP contribution in [0.1, 0.15) is 25.4 Å². The van der Waals surface area contributed by atoms with Crippen LogP contribution in [0.5, 0.6) is 0 Å². The minimum atomic E-state index is -0.0563. The predicted molar refractivity (Wildman–Crippen MR) is 86.4 cm³/mol. The molecule has 0 aliphatic rings. The Morgan fingerprint density at radius 2 is 1.86 bits per heavy atom. The predicted octanol–water partition coefficient (Wildman–Crippen LogP) is 3.64. The van der Waals surface area contributed by atoms with E-state index in [-0.39, 0.29) is 5.91 Å². The summed E-state index contributed by atoms with van der Waals surface area (Å²) in [5, 5.41) is 5.99. The molecule has 1 aromatic heterocycles. The summed E-state index contributed by atoms with van der Waals surface area (Å²) in [6.45, 7) is 5.28. The first-order valence-electron chi connectivity index (χ1n) is 6.96. The van der Waals surface area contributed by atoms with E-state index in [1.807, 2.05) is 36.4 Å². The van der Waals surface area contributed by atoms with Crippen molar-refractivity contribution in [2.75, 3.05) is 11.9 Å². The van der Waals surface area contributed by atoms with Crippen LogP contribution in [0.15, 0.2) is 45.7 Å². The zero-order chi connectivity index (χ0) is 15.1. The molecule has 21 heavy (non-hydrogen) atoms. The maximum absolute atomic E-state index is 11.0. The van der Waals surface area contributed by atoms with Gasteiger partial charge in [0.05, 0.1) is 12.3 Å². The Morgan fingerprint density at radius 3 is 2.52 bits per heavy atom. The van der Waals surface area contributed by atoms with E-state index in [2.05, 4.69) is 17.6 Å². The number of nitrogens with one attached hydrogen (secondary N) is 2. The van der Waals surface area contributed by atoms with Gasteiger partial charge in [-0.15, -0.1) is 11.8 Å². The van der Waals surface area contributed by atoms with Gasteiger partial charge >= 0.3 is 0 Å². The van der Waals surface area contributed by atoms with Gasteiger partial charge in [-0.1, -0.05) is 6.92 Å². The number of thioether (sulfide) groups is 1. The molecule has 0 aliphatic heterocycles. The van der Waals surface area contributed by atoms with Gasteiger partial charge in [-0.3, -0.25) is 4.79 Å². The van der Waals surface area contributed by atoms with Crippen molar-refractivity contribution in [3.05, 3.63) is 47.9 Å². The van der Waals surface area contributed by atoms with Gasteiger partial charge in [0.2, 0.25) is 5.91 Å². The van der Waals surface area contributed by atoms with Gasteiger partial charge < -0.3 is 15.1 Å². The van der Waals surface area contributed by atoms with Crippen LogP contribution in [0, 0.1) is 0 Å². The molecule has 2 aromatic rings. The second-order valence-electron chi connectivity index (χ2n) is 4.64. The number of carbonyl (C=O) groups is 1. The van der Waals surface area contributed by atoms with Gasteiger partial charge in [0.1, 0.15) is 11.5 Å². The third kappa shape index (κ3) is 5.28. The Kier molecular flexibility index (Phi) is 5.90. The Labute approximate surface area is 129 Å². The molecule has 0 saturated heterocycles. The second-order valence-corrected chi connectivity index (χ2v) is 5.69. The molecular weight excluding hydrogens is 284 g/mol. The number of hydrogen-bond donors (Lipinski definition) is 2. The zero-order valence-corrected chi connectivity index (χ0v) is 13.1. The summed E-state index contributed by atoms with van der Waals surface area (Å²) < 4.78 is 5.74. The lowest BCUT2D eigenvalue weighted by atomic mass is 10.3. The van der Waals surface area contributed by atoms with Gasteiger partial charge in [-0.05, 0) is 42.9 Å². The van der Waals surface area contributed by atoms with E-state index in [1.54, 1.807) is 11.8 Å². The molecule has 1 aromatic carbocycles. The van der Waals surface area contributed by atoms with Crippen LogP contribution in [0.25, 0.3) is 0 Å². The second kappa shape index (κ2) is 7.90. The molecule has 112 valence electrons. The summed E-state index contributed by atoms with van der Waals surface area (Å²) in [5.41, 5.74) is 0.817. The lowest BCUT2D eigenvalue weighted by Crippen LogP contribution is -2.10. The van der Waals surface area contributed by atoms with Crippen molar-refractivity contribution >= 4 is 23.4 Å². The monoisotopic (exact) mass is 304 g/mol. The van der Waals surface area contributed by atoms with Crippen LogP contribution in [-0.2, 0) is 17.1 Å². The van der Waals surface area contributed by atoms with Gasteiger partial charge in [0.15, 0.2) is 0 Å². The van der Waals surface area contributed by atoms with Gasteiger partial charge in [-0.25, -0.2) is 0 Å². The van der Waals surface area contributed by atoms with Crippen molar-refractivity contribution < 1.29 is 9.21 Å². The van der Waals surface area contributed by atoms with Crippen molar-refractivity contribution in [1.82, 2.24) is 5.32 Å². The van der Waals surface area contributed by atoms with E-state index in [0.717, 1.165) is 40.9 Å². The summed E-state index contributed by atoms with van der Waals surface area (Å²) >= 11 is 1.71. The van der Waals surface area contributed by atoms with Crippen LogP contribution in [-0.4, -0.2) is 12.5 Å². The molecule has 4 nitrogen and oxygen atoms in total. The average Bonchev–Trinajstić information content (AvgIpc) is 2.92. The van der Waals surface area contributed by atoms with E-state index < -0.39 is 0 Å². The summed E-state index contributed by atoms with van der Waals surface area (Å²) in [4.78, 5) is 12.1. The average molecular weight is 304 g/mol. The number of carbonyl (C=O) groups excluding carboxylic acids is 1. The molecule has 0 aliphatic carbocycles. The van der Waals surface area contributed by atoms with E-state index in [1.165, 1.54) is 6.92 Å². The number of rotatable bonds is 7. The molecule has 0 atom stereocenters. The molecule has 2 rings (SSSR count). The normalized spacial score (nSPS) is 10.6. The van der Waals surface area contributed by atoms with E-state index in [9.17, 15) is 4.79 Å². The van der Waals surface area contributed by atoms with Crippen LogP contribution >= 0.6 is 11.8 Å². The third-order valence-corrected chi connectivity index (χ3v) is 3.86. The maximum Gasteiger partial charge on any atom is 0.221 e. The Morgan fingerprint density at radius 1 is 1.14 bits per heavy atom. The number of furan rings is 1. The van der Waals surface area contributed by atoms with Crippen molar-refractivity contribution in [1.29, 1.82) is 0 Å². The highest BCUT2D eigenvalue weighted by Gasteiger charge is 2.03. The number of hydrogen-bond acceptors (Lipinski definition) is 4. The fourth-order valence-corrected chi connectivity index (χ4v) is 2.63. The quantitative estimate of drug-likeness (QED) is 0.767. The Balaban J connectivity index is 1.84. The molecule has 0 fully saturated rings. The molecule has 0 unspecified atom stereocenters. The van der Waals surface area contributed by atoms with Crippen LogP contribution in [0.3, 0.4) is 0 Å². The van der Waals surface area contributed by atoms with Crippen molar-refractivity contribution in [2.45, 2.75) is 31.0 Å². The lowest BCUT2D eigenvalue weighted by molar-refractivity contribution is -0.114. The zero-order valence-electron chi connectivity index (χ0n) is 12.3. The molecule has 1 heterocycles. The molecule has 5 heteroatoms. The largest absolute Gasteiger partial charge is 0.464 e. The molecule has 0 saturated carbocycles. The molecule has 2 N–H and O–H groups in total. The Hall–Kier alpha value is -1.72. The standard InChI is InChI=1S/C16H20N2O2S/c1-3-17-10-14-6-7-15(20-14)11-21-16-8-4-13(5-9-16)18-12(2)19/h4-9,17H,3,10-11H2,1-2H3,(H,18,19). The molecule has 0 radical (unpaired) electrons. The first-order chi connectivity index (χ1) is 10.2. The number of amides is 1. The SMILES string of the molecule is CCNCc1ccc(CSc2ccc(NC(C)=O)cc2)o1. The summed E-state index contributed by atoms with van der Waals surface area (Å²) in [7, 11) is 0. The number of anilines is 1. The van der Waals surface area contributed by atoms with Crippen molar-refractivity contribution in [3.63, 3.8) is 0 Å². The highest BCUT2D eigenvalue weighted by atomic mass is 32.2. The highest BCUT2D eigenvalue weighted by molar-refractivity contribution is 7.98.